The number of carbonyl (C=O) groups is 1. The minimum absolute atomic E-state index is 0.0852. The van der Waals surface area contributed by atoms with E-state index in [0.29, 0.717) is 26.4 Å². The van der Waals surface area contributed by atoms with E-state index in [4.69, 9.17) is 18.0 Å². The number of rotatable bonds is 15. The van der Waals surface area contributed by atoms with Crippen LogP contribution in [0.4, 0.5) is 0 Å². The van der Waals surface area contributed by atoms with E-state index in [-0.39, 0.29) is 16.8 Å². The fourth-order valence-corrected chi connectivity index (χ4v) is 7.79. The molecule has 0 rings (SSSR count). The largest absolute Gasteiger partial charge is 0.505 e. The Morgan fingerprint density at radius 2 is 1.42 bits per heavy atom. The van der Waals surface area contributed by atoms with Crippen LogP contribution in [-0.2, 0) is 22.8 Å². The molecule has 0 spiro atoms. The zero-order chi connectivity index (χ0) is 18.4. The molecule has 0 aliphatic carbocycles. The number of hydrogen-bond donors (Lipinski definition) is 0. The quantitative estimate of drug-likeness (QED) is 0.312. The van der Waals surface area contributed by atoms with Crippen molar-refractivity contribution in [1.82, 2.24) is 0 Å². The molecule has 144 valence electrons. The second kappa shape index (κ2) is 14.1. The summed E-state index contributed by atoms with van der Waals surface area (Å²) < 4.78 is 23.6. The Hall–Kier alpha value is -0.0831. The maximum Gasteiger partial charge on any atom is 0.505 e. The number of hydrogen-bond acceptors (Lipinski definition) is 6. The highest BCUT2D eigenvalue weighted by molar-refractivity contribution is 8.00. The lowest BCUT2D eigenvalue weighted by molar-refractivity contribution is -0.143. The summed E-state index contributed by atoms with van der Waals surface area (Å²) in [6, 6.07) is 0. The monoisotopic (exact) mass is 380 g/mol. The van der Waals surface area contributed by atoms with Crippen LogP contribution in [0.15, 0.2) is 0 Å². The molecule has 0 N–H and O–H groups in total. The van der Waals surface area contributed by atoms with Crippen molar-refractivity contribution in [1.29, 1.82) is 0 Å². The van der Waals surface area contributed by atoms with E-state index in [0.717, 1.165) is 25.0 Å². The smallest absolute Gasteiger partial charge is 0.465 e. The fraction of sp³-hybridized carbons (Fsp3) is 0.941. The van der Waals surface area contributed by atoms with E-state index in [2.05, 4.69) is 13.8 Å². The van der Waals surface area contributed by atoms with E-state index in [9.17, 15) is 4.79 Å². The van der Waals surface area contributed by atoms with Crippen molar-refractivity contribution in [2.45, 2.75) is 71.6 Å². The first-order valence-electron chi connectivity index (χ1n) is 9.26. The van der Waals surface area contributed by atoms with Crippen LogP contribution in [0.2, 0.25) is 5.54 Å². The Balaban J connectivity index is 5.73. The summed E-state index contributed by atoms with van der Waals surface area (Å²) in [4.78, 5) is 12.6. The molecule has 0 aromatic heterocycles. The number of carbonyl (C=O) groups excluding carboxylic acids is 1. The molecule has 0 fully saturated rings. The summed E-state index contributed by atoms with van der Waals surface area (Å²) in [6.07, 6.45) is 2.77. The molecule has 0 saturated carbocycles. The van der Waals surface area contributed by atoms with Crippen LogP contribution in [0, 0.1) is 0 Å². The van der Waals surface area contributed by atoms with Gasteiger partial charge >= 0.3 is 14.8 Å². The summed E-state index contributed by atoms with van der Waals surface area (Å²) in [7, 11) is -2.97. The highest BCUT2D eigenvalue weighted by Crippen LogP contribution is 2.40. The molecule has 2 atom stereocenters. The normalized spacial score (nSPS) is 14.4. The van der Waals surface area contributed by atoms with E-state index in [1.165, 1.54) is 0 Å². The third-order valence-electron chi connectivity index (χ3n) is 3.48. The molecule has 0 saturated heterocycles. The number of thioether (sulfide) groups is 1. The van der Waals surface area contributed by atoms with Gasteiger partial charge in [0.2, 0.25) is 0 Å². The third kappa shape index (κ3) is 7.43. The van der Waals surface area contributed by atoms with Crippen LogP contribution in [0.25, 0.3) is 0 Å². The van der Waals surface area contributed by atoms with E-state index >= 15 is 0 Å². The van der Waals surface area contributed by atoms with Crippen LogP contribution in [0.3, 0.4) is 0 Å². The van der Waals surface area contributed by atoms with Crippen LogP contribution < -0.4 is 0 Å². The predicted molar refractivity (Wildman–Crippen MR) is 102 cm³/mol. The Morgan fingerprint density at radius 3 is 1.79 bits per heavy atom. The van der Waals surface area contributed by atoms with Crippen molar-refractivity contribution in [2.24, 2.45) is 0 Å². The summed E-state index contributed by atoms with van der Waals surface area (Å²) in [5.41, 5.74) is -0.0852. The molecular formula is C17H36O5SSi. The van der Waals surface area contributed by atoms with E-state index in [1.54, 1.807) is 11.8 Å². The Bertz CT molecular complexity index is 313. The van der Waals surface area contributed by atoms with Crippen molar-refractivity contribution in [3.8, 4) is 0 Å². The standard InChI is InChI=1S/C17H36O5SSi/c1-7-13-15(16(23-14-8-2)17(18)19-9-3)24(20-10-4,21-11-5)22-12-6/h15-16H,7-14H2,1-6H3. The Morgan fingerprint density at radius 1 is 0.875 bits per heavy atom. The van der Waals surface area contributed by atoms with Gasteiger partial charge in [-0.05, 0) is 46.3 Å². The van der Waals surface area contributed by atoms with Crippen LogP contribution in [-0.4, -0.2) is 52.2 Å². The molecule has 5 nitrogen and oxygen atoms in total. The molecule has 0 aromatic carbocycles. The second-order valence-corrected chi connectivity index (χ2v) is 9.41. The van der Waals surface area contributed by atoms with Crippen LogP contribution in [0.5, 0.6) is 0 Å². The minimum atomic E-state index is -2.97. The molecule has 7 heteroatoms. The molecule has 0 radical (unpaired) electrons. The second-order valence-electron chi connectivity index (χ2n) is 5.34. The van der Waals surface area contributed by atoms with Crippen LogP contribution in [0.1, 0.15) is 60.8 Å². The SMILES string of the molecule is CCCSC(C(=O)OCC)C(CCC)[Si](OCC)(OCC)OCC. The van der Waals surface area contributed by atoms with Gasteiger partial charge in [-0.15, -0.1) is 11.8 Å². The predicted octanol–water partition coefficient (Wildman–Crippen LogP) is 4.28. The molecule has 0 amide bonds. The lowest BCUT2D eigenvalue weighted by Crippen LogP contribution is -2.54. The van der Waals surface area contributed by atoms with Gasteiger partial charge in [0.15, 0.2) is 0 Å². The lowest BCUT2D eigenvalue weighted by Gasteiger charge is -2.38. The molecule has 0 heterocycles. The van der Waals surface area contributed by atoms with Gasteiger partial charge in [0.05, 0.1) is 12.1 Å². The zero-order valence-corrected chi connectivity index (χ0v) is 18.1. The van der Waals surface area contributed by atoms with Gasteiger partial charge in [-0.25, -0.2) is 0 Å². The van der Waals surface area contributed by atoms with E-state index in [1.807, 2.05) is 27.7 Å². The summed E-state index contributed by atoms with van der Waals surface area (Å²) in [5.74, 6) is 0.726. The van der Waals surface area contributed by atoms with Crippen molar-refractivity contribution >= 4 is 26.5 Å². The van der Waals surface area contributed by atoms with Crippen LogP contribution >= 0.6 is 11.8 Å². The van der Waals surface area contributed by atoms with Gasteiger partial charge in [0.25, 0.3) is 0 Å². The van der Waals surface area contributed by atoms with Crippen molar-refractivity contribution in [2.75, 3.05) is 32.2 Å². The molecule has 0 bridgehead atoms. The fourth-order valence-electron chi connectivity index (χ4n) is 2.69. The molecule has 2 unspecified atom stereocenters. The molecule has 0 aliphatic heterocycles. The maximum atomic E-state index is 12.6. The van der Waals surface area contributed by atoms with Gasteiger partial charge in [-0.1, -0.05) is 20.3 Å². The zero-order valence-electron chi connectivity index (χ0n) is 16.3. The Labute approximate surface area is 153 Å². The summed E-state index contributed by atoms with van der Waals surface area (Å²) in [6.45, 7) is 13.8. The summed E-state index contributed by atoms with van der Waals surface area (Å²) in [5, 5.41) is -0.304. The molecule has 0 aliphatic rings. The van der Waals surface area contributed by atoms with Crippen molar-refractivity contribution in [3.63, 3.8) is 0 Å². The van der Waals surface area contributed by atoms with Gasteiger partial charge in [-0.3, -0.25) is 4.79 Å². The first-order chi connectivity index (χ1) is 11.6. The number of esters is 1. The lowest BCUT2D eigenvalue weighted by atomic mass is 10.2. The molecule has 0 aromatic rings. The van der Waals surface area contributed by atoms with Gasteiger partial charge in [-0.2, -0.15) is 0 Å². The summed E-state index contributed by atoms with van der Waals surface area (Å²) >= 11 is 1.64. The Kier molecular flexibility index (Phi) is 14.1. The van der Waals surface area contributed by atoms with Gasteiger partial charge in [0.1, 0.15) is 5.25 Å². The van der Waals surface area contributed by atoms with Crippen molar-refractivity contribution < 1.29 is 22.8 Å². The number of ether oxygens (including phenoxy) is 1. The minimum Gasteiger partial charge on any atom is -0.465 e. The highest BCUT2D eigenvalue weighted by Gasteiger charge is 2.54. The van der Waals surface area contributed by atoms with E-state index < -0.39 is 8.80 Å². The van der Waals surface area contributed by atoms with Gasteiger partial charge in [0, 0.05) is 19.8 Å². The average molecular weight is 381 g/mol. The highest BCUT2D eigenvalue weighted by atomic mass is 32.2. The van der Waals surface area contributed by atoms with Crippen molar-refractivity contribution in [3.05, 3.63) is 0 Å². The first-order valence-corrected chi connectivity index (χ1v) is 12.1. The van der Waals surface area contributed by atoms with Gasteiger partial charge < -0.3 is 18.0 Å². The average Bonchev–Trinajstić information content (AvgIpc) is 2.55. The topological polar surface area (TPSA) is 54.0 Å². The molecule has 24 heavy (non-hydrogen) atoms. The maximum absolute atomic E-state index is 12.6. The molecular weight excluding hydrogens is 344 g/mol. The first kappa shape index (κ1) is 23.9. The third-order valence-corrected chi connectivity index (χ3v) is 8.85.